The van der Waals surface area contributed by atoms with Crippen molar-refractivity contribution >= 4 is 5.76 Å². The number of nitrogens with two attached hydrogens (primary N) is 1. The first-order chi connectivity index (χ1) is 5.77. The molecule has 0 aliphatic carbocycles. The molecular weight excluding hydrogens is 152 g/mol. The van der Waals surface area contributed by atoms with Crippen molar-refractivity contribution in [1.82, 2.24) is 4.98 Å². The van der Waals surface area contributed by atoms with E-state index in [4.69, 9.17) is 10.5 Å². The third-order valence-electron chi connectivity index (χ3n) is 1.60. The van der Waals surface area contributed by atoms with Gasteiger partial charge in [0.25, 0.3) is 0 Å². The summed E-state index contributed by atoms with van der Waals surface area (Å²) in [6.07, 6.45) is 1.70. The van der Waals surface area contributed by atoms with E-state index in [2.05, 4.69) is 11.6 Å². The minimum absolute atomic E-state index is 0.458. The quantitative estimate of drug-likeness (QED) is 0.682. The molecule has 1 rings (SSSR count). The van der Waals surface area contributed by atoms with Crippen LogP contribution >= 0.6 is 0 Å². The lowest BCUT2D eigenvalue weighted by Crippen LogP contribution is -1.99. The molecule has 3 nitrogen and oxygen atoms in total. The van der Waals surface area contributed by atoms with Crippen molar-refractivity contribution in [3.8, 4) is 0 Å². The van der Waals surface area contributed by atoms with E-state index in [0.29, 0.717) is 12.3 Å². The fraction of sp³-hybridized carbons (Fsp3) is 0.222. The summed E-state index contributed by atoms with van der Waals surface area (Å²) in [4.78, 5) is 4.10. The van der Waals surface area contributed by atoms with Crippen LogP contribution in [-0.2, 0) is 11.3 Å². The Morgan fingerprint density at radius 1 is 1.67 bits per heavy atom. The van der Waals surface area contributed by atoms with E-state index in [0.717, 1.165) is 11.3 Å². The topological polar surface area (TPSA) is 48.1 Å². The number of hydrogen-bond donors (Lipinski definition) is 1. The van der Waals surface area contributed by atoms with Crippen molar-refractivity contribution < 1.29 is 4.74 Å². The Balaban J connectivity index is 2.84. The summed E-state index contributed by atoms with van der Waals surface area (Å²) in [5.41, 5.74) is 7.14. The molecule has 64 valence electrons. The van der Waals surface area contributed by atoms with Gasteiger partial charge in [0.05, 0.1) is 12.8 Å². The van der Waals surface area contributed by atoms with Gasteiger partial charge in [0.1, 0.15) is 5.76 Å². The molecule has 1 aromatic heterocycles. The zero-order valence-electron chi connectivity index (χ0n) is 7.08. The lowest BCUT2D eigenvalue weighted by atomic mass is 10.2. The van der Waals surface area contributed by atoms with Crippen molar-refractivity contribution in [2.24, 2.45) is 5.73 Å². The van der Waals surface area contributed by atoms with Gasteiger partial charge in [-0.2, -0.15) is 0 Å². The summed E-state index contributed by atoms with van der Waals surface area (Å²) in [6, 6.07) is 3.75. The maximum atomic E-state index is 5.39. The number of nitrogens with zero attached hydrogens (tertiary/aromatic N) is 1. The highest BCUT2D eigenvalue weighted by molar-refractivity contribution is 5.56. The summed E-state index contributed by atoms with van der Waals surface area (Å²) >= 11 is 0. The van der Waals surface area contributed by atoms with Crippen LogP contribution in [0.15, 0.2) is 24.9 Å². The third kappa shape index (κ3) is 1.83. The minimum Gasteiger partial charge on any atom is -0.497 e. The van der Waals surface area contributed by atoms with Crippen LogP contribution in [0.2, 0.25) is 0 Å². The molecule has 12 heavy (non-hydrogen) atoms. The fourth-order valence-corrected chi connectivity index (χ4v) is 0.828. The summed E-state index contributed by atoms with van der Waals surface area (Å²) in [5.74, 6) is 0.617. The lowest BCUT2D eigenvalue weighted by molar-refractivity contribution is 0.371. The van der Waals surface area contributed by atoms with E-state index in [1.165, 1.54) is 0 Å². The monoisotopic (exact) mass is 164 g/mol. The van der Waals surface area contributed by atoms with Crippen LogP contribution < -0.4 is 5.73 Å². The minimum atomic E-state index is 0.458. The van der Waals surface area contributed by atoms with Gasteiger partial charge in [-0.15, -0.1) is 0 Å². The summed E-state index contributed by atoms with van der Waals surface area (Å²) in [7, 11) is 1.58. The molecule has 0 spiro atoms. The first kappa shape index (κ1) is 8.74. The number of aromatic nitrogens is 1. The Bertz CT molecular complexity index is 266. The Morgan fingerprint density at radius 2 is 2.42 bits per heavy atom. The lowest BCUT2D eigenvalue weighted by Gasteiger charge is -2.03. The van der Waals surface area contributed by atoms with Crippen LogP contribution in [-0.4, -0.2) is 12.1 Å². The summed E-state index contributed by atoms with van der Waals surface area (Å²) in [5, 5.41) is 0. The highest BCUT2D eigenvalue weighted by Crippen LogP contribution is 2.10. The molecule has 1 aromatic rings. The van der Waals surface area contributed by atoms with Crippen LogP contribution in [0.3, 0.4) is 0 Å². The van der Waals surface area contributed by atoms with Gasteiger partial charge in [-0.25, -0.2) is 0 Å². The van der Waals surface area contributed by atoms with E-state index in [9.17, 15) is 0 Å². The molecule has 0 saturated carbocycles. The molecule has 2 N–H and O–H groups in total. The fourth-order valence-electron chi connectivity index (χ4n) is 0.828. The summed E-state index contributed by atoms with van der Waals surface area (Å²) in [6.45, 7) is 4.16. The van der Waals surface area contributed by atoms with Crippen LogP contribution in [0.4, 0.5) is 0 Å². The largest absolute Gasteiger partial charge is 0.497 e. The van der Waals surface area contributed by atoms with E-state index in [1.807, 2.05) is 12.1 Å². The van der Waals surface area contributed by atoms with Crippen molar-refractivity contribution in [2.75, 3.05) is 7.11 Å². The van der Waals surface area contributed by atoms with Gasteiger partial charge in [0, 0.05) is 18.3 Å². The Labute approximate surface area is 71.9 Å². The molecule has 0 amide bonds. The first-order valence-electron chi connectivity index (χ1n) is 3.66. The average Bonchev–Trinajstić information content (AvgIpc) is 2.17. The SMILES string of the molecule is C=C(OC)c1ccc(CN)nc1. The predicted molar refractivity (Wildman–Crippen MR) is 48.2 cm³/mol. The first-order valence-corrected chi connectivity index (χ1v) is 3.66. The molecular formula is C9H12N2O. The zero-order chi connectivity index (χ0) is 8.97. The highest BCUT2D eigenvalue weighted by atomic mass is 16.5. The van der Waals surface area contributed by atoms with E-state index < -0.39 is 0 Å². The molecule has 3 heteroatoms. The number of hydrogen-bond acceptors (Lipinski definition) is 3. The van der Waals surface area contributed by atoms with Gasteiger partial charge in [-0.1, -0.05) is 6.58 Å². The van der Waals surface area contributed by atoms with Crippen LogP contribution in [0.25, 0.3) is 5.76 Å². The molecule has 0 aliphatic heterocycles. The Hall–Kier alpha value is -1.35. The van der Waals surface area contributed by atoms with E-state index in [-0.39, 0.29) is 0 Å². The van der Waals surface area contributed by atoms with Gasteiger partial charge in [-0.05, 0) is 12.1 Å². The van der Waals surface area contributed by atoms with Crippen LogP contribution in [0.1, 0.15) is 11.3 Å². The highest BCUT2D eigenvalue weighted by Gasteiger charge is 1.97. The third-order valence-corrected chi connectivity index (χ3v) is 1.60. The van der Waals surface area contributed by atoms with Gasteiger partial charge in [0.2, 0.25) is 0 Å². The molecule has 1 heterocycles. The number of rotatable bonds is 3. The zero-order valence-corrected chi connectivity index (χ0v) is 7.08. The van der Waals surface area contributed by atoms with Crippen molar-refractivity contribution in [3.63, 3.8) is 0 Å². The number of pyridine rings is 1. The Morgan fingerprint density at radius 3 is 2.83 bits per heavy atom. The maximum Gasteiger partial charge on any atom is 0.120 e. The van der Waals surface area contributed by atoms with Gasteiger partial charge < -0.3 is 10.5 Å². The molecule has 0 saturated heterocycles. The second-order valence-corrected chi connectivity index (χ2v) is 2.37. The molecule has 0 aromatic carbocycles. The molecule has 0 radical (unpaired) electrons. The second kappa shape index (κ2) is 3.88. The van der Waals surface area contributed by atoms with Crippen molar-refractivity contribution in [3.05, 3.63) is 36.2 Å². The van der Waals surface area contributed by atoms with Crippen molar-refractivity contribution in [2.45, 2.75) is 6.54 Å². The van der Waals surface area contributed by atoms with Crippen LogP contribution in [0, 0.1) is 0 Å². The van der Waals surface area contributed by atoms with Crippen LogP contribution in [0.5, 0.6) is 0 Å². The van der Waals surface area contributed by atoms with Gasteiger partial charge in [0.15, 0.2) is 0 Å². The molecule has 0 bridgehead atoms. The van der Waals surface area contributed by atoms with Crippen molar-refractivity contribution in [1.29, 1.82) is 0 Å². The second-order valence-electron chi connectivity index (χ2n) is 2.37. The van der Waals surface area contributed by atoms with Gasteiger partial charge >= 0.3 is 0 Å². The normalized spacial score (nSPS) is 9.50. The van der Waals surface area contributed by atoms with Gasteiger partial charge in [-0.3, -0.25) is 4.98 Å². The predicted octanol–water partition coefficient (Wildman–Crippen LogP) is 1.16. The molecule has 0 unspecified atom stereocenters. The van der Waals surface area contributed by atoms with E-state index >= 15 is 0 Å². The maximum absolute atomic E-state index is 5.39. The standard InChI is InChI=1S/C9H12N2O/c1-7(12-2)8-3-4-9(5-10)11-6-8/h3-4,6H,1,5,10H2,2H3. The molecule has 0 atom stereocenters. The average molecular weight is 164 g/mol. The molecule has 0 fully saturated rings. The smallest absolute Gasteiger partial charge is 0.120 e. The van der Waals surface area contributed by atoms with E-state index in [1.54, 1.807) is 13.3 Å². The number of methoxy groups -OCH3 is 1. The molecule has 0 aliphatic rings. The number of ether oxygens (including phenoxy) is 1. The summed E-state index contributed by atoms with van der Waals surface area (Å²) < 4.78 is 4.94. The Kier molecular flexibility index (Phi) is 2.82.